The van der Waals surface area contributed by atoms with E-state index in [1.54, 1.807) is 6.07 Å². The van der Waals surface area contributed by atoms with E-state index in [9.17, 15) is 0 Å². The lowest BCUT2D eigenvalue weighted by atomic mass is 10.2. The normalized spacial score (nSPS) is 10.6. The van der Waals surface area contributed by atoms with Gasteiger partial charge in [0.05, 0.1) is 13.2 Å². The Kier molecular flexibility index (Phi) is 3.69. The van der Waals surface area contributed by atoms with Crippen LogP contribution in [0.3, 0.4) is 0 Å². The van der Waals surface area contributed by atoms with Gasteiger partial charge in [0.1, 0.15) is 12.3 Å². The Morgan fingerprint density at radius 3 is 2.69 bits per heavy atom. The number of ether oxygens (including phenoxy) is 1. The fraction of sp³-hybridized carbons (Fsp3) is 0.250. The van der Waals surface area contributed by atoms with Crippen LogP contribution in [0.5, 0.6) is 0 Å². The molecule has 0 bridgehead atoms. The summed E-state index contributed by atoms with van der Waals surface area (Å²) in [6.45, 7) is 0.798. The minimum atomic E-state index is -0.133. The topological polar surface area (TPSA) is 55.5 Å². The molecule has 4 heteroatoms. The summed E-state index contributed by atoms with van der Waals surface area (Å²) in [5.41, 5.74) is 1.81. The average molecular weight is 219 g/mol. The van der Waals surface area contributed by atoms with Gasteiger partial charge in [-0.2, -0.15) is 0 Å². The Hall–Kier alpha value is -1.65. The fourth-order valence-corrected chi connectivity index (χ4v) is 1.35. The van der Waals surface area contributed by atoms with E-state index in [0.29, 0.717) is 24.7 Å². The van der Waals surface area contributed by atoms with E-state index in [1.807, 2.05) is 30.3 Å². The molecule has 0 radical (unpaired) electrons. The maximum absolute atomic E-state index is 8.78. The van der Waals surface area contributed by atoms with E-state index in [2.05, 4.69) is 5.16 Å². The molecular formula is C12H13NO3. The lowest BCUT2D eigenvalue weighted by Crippen LogP contribution is -1.93. The zero-order chi connectivity index (χ0) is 11.2. The molecule has 1 N–H and O–H groups in total. The van der Waals surface area contributed by atoms with Gasteiger partial charge in [-0.3, -0.25) is 0 Å². The first kappa shape index (κ1) is 10.9. The van der Waals surface area contributed by atoms with Gasteiger partial charge < -0.3 is 14.4 Å². The van der Waals surface area contributed by atoms with E-state index in [0.717, 1.165) is 5.56 Å². The predicted octanol–water partition coefficient (Wildman–Crippen LogP) is 1.88. The van der Waals surface area contributed by atoms with Gasteiger partial charge in [0.15, 0.2) is 5.76 Å². The maximum atomic E-state index is 8.78. The molecule has 1 heterocycles. The second-order valence-corrected chi connectivity index (χ2v) is 3.42. The molecule has 0 saturated carbocycles. The van der Waals surface area contributed by atoms with E-state index in [4.69, 9.17) is 14.4 Å². The van der Waals surface area contributed by atoms with Crippen LogP contribution in [0.4, 0.5) is 0 Å². The van der Waals surface area contributed by atoms with Gasteiger partial charge in [0.25, 0.3) is 0 Å². The number of aliphatic hydroxyl groups excluding tert-OH is 1. The lowest BCUT2D eigenvalue weighted by Gasteiger charge is -2.01. The van der Waals surface area contributed by atoms with Gasteiger partial charge in [-0.1, -0.05) is 35.5 Å². The van der Waals surface area contributed by atoms with Crippen LogP contribution in [0.1, 0.15) is 17.0 Å². The third kappa shape index (κ3) is 2.92. The SMILES string of the molecule is OCc1cc(COCc2ccccc2)no1. The maximum Gasteiger partial charge on any atom is 0.162 e. The third-order valence-corrected chi connectivity index (χ3v) is 2.13. The summed E-state index contributed by atoms with van der Waals surface area (Å²) in [5, 5.41) is 12.5. The quantitative estimate of drug-likeness (QED) is 0.834. The van der Waals surface area contributed by atoms with Gasteiger partial charge >= 0.3 is 0 Å². The molecular weight excluding hydrogens is 206 g/mol. The van der Waals surface area contributed by atoms with Crippen LogP contribution < -0.4 is 0 Å². The molecule has 4 nitrogen and oxygen atoms in total. The summed E-state index contributed by atoms with van der Waals surface area (Å²) in [4.78, 5) is 0. The van der Waals surface area contributed by atoms with Crippen molar-refractivity contribution in [2.75, 3.05) is 0 Å². The Bertz CT molecular complexity index is 425. The van der Waals surface area contributed by atoms with Crippen LogP contribution in [-0.4, -0.2) is 10.3 Å². The van der Waals surface area contributed by atoms with Crippen molar-refractivity contribution in [2.24, 2.45) is 0 Å². The van der Waals surface area contributed by atoms with Gasteiger partial charge in [0, 0.05) is 6.07 Å². The fourth-order valence-electron chi connectivity index (χ4n) is 1.35. The van der Waals surface area contributed by atoms with Crippen molar-refractivity contribution in [2.45, 2.75) is 19.8 Å². The number of aliphatic hydroxyl groups is 1. The van der Waals surface area contributed by atoms with Crippen molar-refractivity contribution in [3.63, 3.8) is 0 Å². The highest BCUT2D eigenvalue weighted by Crippen LogP contribution is 2.07. The van der Waals surface area contributed by atoms with Crippen LogP contribution in [-0.2, 0) is 24.6 Å². The molecule has 1 aromatic heterocycles. The molecule has 1 aromatic carbocycles. The summed E-state index contributed by atoms with van der Waals surface area (Å²) in [6.07, 6.45) is 0. The lowest BCUT2D eigenvalue weighted by molar-refractivity contribution is 0.102. The first-order valence-corrected chi connectivity index (χ1v) is 5.05. The second-order valence-electron chi connectivity index (χ2n) is 3.42. The molecule has 0 saturated heterocycles. The molecule has 0 atom stereocenters. The van der Waals surface area contributed by atoms with Crippen molar-refractivity contribution in [1.82, 2.24) is 5.16 Å². The largest absolute Gasteiger partial charge is 0.388 e. The Morgan fingerprint density at radius 2 is 2.00 bits per heavy atom. The van der Waals surface area contributed by atoms with E-state index < -0.39 is 0 Å². The highest BCUT2D eigenvalue weighted by atomic mass is 16.5. The van der Waals surface area contributed by atoms with Gasteiger partial charge in [-0.15, -0.1) is 0 Å². The molecule has 84 valence electrons. The molecule has 0 amide bonds. The van der Waals surface area contributed by atoms with Gasteiger partial charge in [-0.05, 0) is 5.56 Å². The van der Waals surface area contributed by atoms with Crippen molar-refractivity contribution >= 4 is 0 Å². The van der Waals surface area contributed by atoms with Crippen molar-refractivity contribution in [1.29, 1.82) is 0 Å². The Labute approximate surface area is 93.5 Å². The Balaban J connectivity index is 1.80. The molecule has 0 unspecified atom stereocenters. The number of rotatable bonds is 5. The molecule has 0 fully saturated rings. The van der Waals surface area contributed by atoms with Crippen LogP contribution in [0.2, 0.25) is 0 Å². The molecule has 2 rings (SSSR count). The molecule has 0 aliphatic rings. The first-order chi connectivity index (χ1) is 7.88. The molecule has 0 spiro atoms. The van der Waals surface area contributed by atoms with Crippen molar-refractivity contribution in [3.8, 4) is 0 Å². The smallest absolute Gasteiger partial charge is 0.162 e. The number of aromatic nitrogens is 1. The minimum absolute atomic E-state index is 0.133. The first-order valence-electron chi connectivity index (χ1n) is 5.05. The van der Waals surface area contributed by atoms with Crippen LogP contribution in [0.25, 0.3) is 0 Å². The van der Waals surface area contributed by atoms with Crippen LogP contribution >= 0.6 is 0 Å². The summed E-state index contributed by atoms with van der Waals surface area (Å²) in [6, 6.07) is 11.6. The highest BCUT2D eigenvalue weighted by molar-refractivity contribution is 5.13. The molecule has 2 aromatic rings. The van der Waals surface area contributed by atoms with Crippen molar-refractivity contribution < 1.29 is 14.4 Å². The zero-order valence-electron chi connectivity index (χ0n) is 8.80. The number of nitrogens with zero attached hydrogens (tertiary/aromatic N) is 1. The molecule has 16 heavy (non-hydrogen) atoms. The predicted molar refractivity (Wildman–Crippen MR) is 57.4 cm³/mol. The second kappa shape index (κ2) is 5.44. The van der Waals surface area contributed by atoms with Crippen LogP contribution in [0, 0.1) is 0 Å². The number of hydrogen-bond donors (Lipinski definition) is 1. The standard InChI is InChI=1S/C12H13NO3/c14-7-12-6-11(13-16-12)9-15-8-10-4-2-1-3-5-10/h1-6,14H,7-9H2. The molecule has 0 aliphatic carbocycles. The zero-order valence-corrected chi connectivity index (χ0v) is 8.80. The third-order valence-electron chi connectivity index (χ3n) is 2.13. The summed E-state index contributed by atoms with van der Waals surface area (Å²) < 4.78 is 10.3. The van der Waals surface area contributed by atoms with E-state index in [-0.39, 0.29) is 6.61 Å². The van der Waals surface area contributed by atoms with Crippen molar-refractivity contribution in [3.05, 3.63) is 53.4 Å². The summed E-state index contributed by atoms with van der Waals surface area (Å²) in [5.74, 6) is 0.457. The highest BCUT2D eigenvalue weighted by Gasteiger charge is 2.02. The minimum Gasteiger partial charge on any atom is -0.388 e. The van der Waals surface area contributed by atoms with Gasteiger partial charge in [0.2, 0.25) is 0 Å². The average Bonchev–Trinajstić information content (AvgIpc) is 2.78. The monoisotopic (exact) mass is 219 g/mol. The number of benzene rings is 1. The summed E-state index contributed by atoms with van der Waals surface area (Å²) in [7, 11) is 0. The van der Waals surface area contributed by atoms with Gasteiger partial charge in [-0.25, -0.2) is 0 Å². The Morgan fingerprint density at radius 1 is 1.19 bits per heavy atom. The van der Waals surface area contributed by atoms with E-state index in [1.165, 1.54) is 0 Å². The van der Waals surface area contributed by atoms with E-state index >= 15 is 0 Å². The molecule has 0 aliphatic heterocycles. The summed E-state index contributed by atoms with van der Waals surface area (Å²) >= 11 is 0. The van der Waals surface area contributed by atoms with Crippen LogP contribution in [0.15, 0.2) is 40.9 Å². The number of hydrogen-bond acceptors (Lipinski definition) is 4.